The first-order chi connectivity index (χ1) is 8.60. The summed E-state index contributed by atoms with van der Waals surface area (Å²) in [6.07, 6.45) is 1.94. The van der Waals surface area contributed by atoms with E-state index in [1.165, 1.54) is 0 Å². The van der Waals surface area contributed by atoms with E-state index in [0.717, 1.165) is 15.7 Å². The number of aromatic nitrogens is 1. The molecule has 1 aromatic carbocycles. The molecular formula is C13H11BrClN3. The summed E-state index contributed by atoms with van der Waals surface area (Å²) in [7, 11) is 1.86. The van der Waals surface area contributed by atoms with Gasteiger partial charge in [-0.2, -0.15) is 5.26 Å². The fraction of sp³-hybridized carbons (Fsp3) is 0.154. The Hall–Kier alpha value is -1.44. The predicted octanol–water partition coefficient (Wildman–Crippen LogP) is 3.92. The number of anilines is 1. The van der Waals surface area contributed by atoms with Gasteiger partial charge in [-0.05, 0) is 45.8 Å². The molecule has 0 saturated carbocycles. The van der Waals surface area contributed by atoms with Crippen molar-refractivity contribution in [3.05, 3.63) is 51.2 Å². The molecule has 1 heterocycles. The number of nitriles is 1. The summed E-state index contributed by atoms with van der Waals surface area (Å²) in [5, 5.41) is 12.8. The van der Waals surface area contributed by atoms with E-state index >= 15 is 0 Å². The van der Waals surface area contributed by atoms with E-state index in [0.29, 0.717) is 17.3 Å². The summed E-state index contributed by atoms with van der Waals surface area (Å²) < 4.78 is 2.68. The molecule has 0 fully saturated rings. The number of aryl methyl sites for hydroxylation is 1. The molecule has 3 nitrogen and oxygen atoms in total. The minimum Gasteiger partial charge on any atom is -0.381 e. The zero-order valence-electron chi connectivity index (χ0n) is 9.74. The van der Waals surface area contributed by atoms with Gasteiger partial charge in [0.2, 0.25) is 0 Å². The number of hydrogen-bond acceptors (Lipinski definition) is 2. The van der Waals surface area contributed by atoms with E-state index < -0.39 is 0 Å². The molecule has 2 aromatic rings. The summed E-state index contributed by atoms with van der Waals surface area (Å²) in [5.41, 5.74) is 2.71. The van der Waals surface area contributed by atoms with Crippen LogP contribution in [0.4, 0.5) is 5.69 Å². The maximum absolute atomic E-state index is 8.87. The molecule has 2 rings (SSSR count). The molecule has 0 amide bonds. The molecule has 0 aliphatic carbocycles. The molecule has 0 bridgehead atoms. The van der Waals surface area contributed by atoms with Crippen LogP contribution >= 0.6 is 27.5 Å². The monoisotopic (exact) mass is 323 g/mol. The number of nitrogens with one attached hydrogen (secondary N) is 1. The van der Waals surface area contributed by atoms with E-state index in [9.17, 15) is 0 Å². The van der Waals surface area contributed by atoms with E-state index in [4.69, 9.17) is 16.9 Å². The van der Waals surface area contributed by atoms with Gasteiger partial charge in [-0.1, -0.05) is 11.6 Å². The number of rotatable bonds is 3. The van der Waals surface area contributed by atoms with Gasteiger partial charge in [-0.3, -0.25) is 0 Å². The topological polar surface area (TPSA) is 40.8 Å². The molecule has 0 spiro atoms. The molecular weight excluding hydrogens is 314 g/mol. The average Bonchev–Trinajstić information content (AvgIpc) is 2.71. The normalized spacial score (nSPS) is 10.1. The lowest BCUT2D eigenvalue weighted by Gasteiger charge is -2.06. The molecule has 0 unspecified atom stereocenters. The molecule has 0 aliphatic rings. The summed E-state index contributed by atoms with van der Waals surface area (Å²) in [4.78, 5) is 0. The van der Waals surface area contributed by atoms with E-state index in [1.54, 1.807) is 0 Å². The Morgan fingerprint density at radius 3 is 2.83 bits per heavy atom. The molecule has 0 aliphatic heterocycles. The Labute approximate surface area is 119 Å². The van der Waals surface area contributed by atoms with Crippen molar-refractivity contribution in [1.29, 1.82) is 5.26 Å². The number of halogens is 2. The Balaban J connectivity index is 2.07. The van der Waals surface area contributed by atoms with Gasteiger partial charge in [-0.15, -0.1) is 0 Å². The van der Waals surface area contributed by atoms with Crippen LogP contribution in [0.1, 0.15) is 11.3 Å². The first-order valence-corrected chi connectivity index (χ1v) is 6.51. The maximum atomic E-state index is 8.87. The van der Waals surface area contributed by atoms with Crippen LogP contribution in [-0.4, -0.2) is 4.57 Å². The number of hydrogen-bond donors (Lipinski definition) is 1. The quantitative estimate of drug-likeness (QED) is 0.929. The van der Waals surface area contributed by atoms with Crippen molar-refractivity contribution in [2.24, 2.45) is 7.05 Å². The van der Waals surface area contributed by atoms with E-state index in [2.05, 4.69) is 27.3 Å². The smallest absolute Gasteiger partial charge is 0.120 e. The summed E-state index contributed by atoms with van der Waals surface area (Å²) in [6, 6.07) is 9.69. The second-order valence-corrected chi connectivity index (χ2v) is 5.20. The summed E-state index contributed by atoms with van der Waals surface area (Å²) in [5.74, 6) is 0. The molecule has 18 heavy (non-hydrogen) atoms. The molecule has 5 heteroatoms. The first-order valence-electron chi connectivity index (χ1n) is 5.34. The van der Waals surface area contributed by atoms with E-state index in [1.807, 2.05) is 42.1 Å². The van der Waals surface area contributed by atoms with Gasteiger partial charge in [0.25, 0.3) is 0 Å². The standard InChI is InChI=1S/C13H11BrClN3/c1-18-8-9(4-11(18)6-16)7-17-10-2-3-13(15)12(14)5-10/h2-5,8,17H,7H2,1H3. The van der Waals surface area contributed by atoms with Crippen LogP contribution in [0, 0.1) is 11.3 Å². The SMILES string of the molecule is Cn1cc(CNc2ccc(Cl)c(Br)c2)cc1C#N. The highest BCUT2D eigenvalue weighted by atomic mass is 79.9. The van der Waals surface area contributed by atoms with Crippen molar-refractivity contribution in [3.63, 3.8) is 0 Å². The van der Waals surface area contributed by atoms with Gasteiger partial charge >= 0.3 is 0 Å². The lowest BCUT2D eigenvalue weighted by atomic mass is 10.3. The molecule has 1 aromatic heterocycles. The third-order valence-corrected chi connectivity index (χ3v) is 3.81. The van der Waals surface area contributed by atoms with Crippen LogP contribution < -0.4 is 5.32 Å². The van der Waals surface area contributed by atoms with Crippen LogP contribution in [0.2, 0.25) is 5.02 Å². The Bertz CT molecular complexity index is 613. The summed E-state index contributed by atoms with van der Waals surface area (Å²) >= 11 is 9.31. The highest BCUT2D eigenvalue weighted by Gasteiger charge is 2.03. The fourth-order valence-electron chi connectivity index (χ4n) is 1.65. The van der Waals surface area contributed by atoms with Crippen molar-refractivity contribution in [1.82, 2.24) is 4.57 Å². The summed E-state index contributed by atoms with van der Waals surface area (Å²) in [6.45, 7) is 0.670. The zero-order valence-corrected chi connectivity index (χ0v) is 12.1. The van der Waals surface area contributed by atoms with Crippen LogP contribution in [0.5, 0.6) is 0 Å². The lowest BCUT2D eigenvalue weighted by molar-refractivity contribution is 0.902. The van der Waals surface area contributed by atoms with Crippen LogP contribution in [0.15, 0.2) is 34.9 Å². The second kappa shape index (κ2) is 5.47. The molecule has 0 radical (unpaired) electrons. The number of nitrogens with zero attached hydrogens (tertiary/aromatic N) is 2. The Morgan fingerprint density at radius 2 is 2.22 bits per heavy atom. The largest absolute Gasteiger partial charge is 0.381 e. The highest BCUT2D eigenvalue weighted by Crippen LogP contribution is 2.25. The van der Waals surface area contributed by atoms with Crippen molar-refractivity contribution >= 4 is 33.2 Å². The Kier molecular flexibility index (Phi) is 3.95. The van der Waals surface area contributed by atoms with Gasteiger partial charge < -0.3 is 9.88 Å². The zero-order chi connectivity index (χ0) is 13.1. The van der Waals surface area contributed by atoms with Gasteiger partial charge in [0.15, 0.2) is 0 Å². The third-order valence-electron chi connectivity index (χ3n) is 2.59. The first kappa shape index (κ1) is 13.0. The second-order valence-electron chi connectivity index (χ2n) is 3.94. The minimum atomic E-state index is 0.657. The van der Waals surface area contributed by atoms with Crippen molar-refractivity contribution in [2.75, 3.05) is 5.32 Å². The van der Waals surface area contributed by atoms with Gasteiger partial charge in [0, 0.05) is 29.9 Å². The maximum Gasteiger partial charge on any atom is 0.120 e. The molecule has 1 N–H and O–H groups in total. The average molecular weight is 325 g/mol. The van der Waals surface area contributed by atoms with Crippen molar-refractivity contribution in [3.8, 4) is 6.07 Å². The van der Waals surface area contributed by atoms with Gasteiger partial charge in [0.1, 0.15) is 11.8 Å². The predicted molar refractivity (Wildman–Crippen MR) is 76.6 cm³/mol. The fourth-order valence-corrected chi connectivity index (χ4v) is 2.15. The molecule has 92 valence electrons. The van der Waals surface area contributed by atoms with Crippen LogP contribution in [0.3, 0.4) is 0 Å². The van der Waals surface area contributed by atoms with E-state index in [-0.39, 0.29) is 0 Å². The highest BCUT2D eigenvalue weighted by molar-refractivity contribution is 9.10. The lowest BCUT2D eigenvalue weighted by Crippen LogP contribution is -1.98. The molecule has 0 saturated heterocycles. The van der Waals surface area contributed by atoms with Crippen molar-refractivity contribution in [2.45, 2.75) is 6.54 Å². The van der Waals surface area contributed by atoms with Crippen LogP contribution in [0.25, 0.3) is 0 Å². The van der Waals surface area contributed by atoms with Crippen molar-refractivity contribution < 1.29 is 0 Å². The van der Waals surface area contributed by atoms with Gasteiger partial charge in [0.05, 0.1) is 5.02 Å². The molecule has 0 atom stereocenters. The number of benzene rings is 1. The van der Waals surface area contributed by atoms with Crippen LogP contribution in [-0.2, 0) is 13.6 Å². The minimum absolute atomic E-state index is 0.657. The van der Waals surface area contributed by atoms with Gasteiger partial charge in [-0.25, -0.2) is 0 Å². The Morgan fingerprint density at radius 1 is 1.44 bits per heavy atom. The third kappa shape index (κ3) is 2.87.